The highest BCUT2D eigenvalue weighted by atomic mass is 35.5. The van der Waals surface area contributed by atoms with Crippen LogP contribution in [0.1, 0.15) is 29.2 Å². The molecular weight excluding hydrogens is 441 g/mol. The second kappa shape index (κ2) is 9.73. The molecular formula is C23H23Cl2NO5. The van der Waals surface area contributed by atoms with E-state index in [0.29, 0.717) is 19.6 Å². The van der Waals surface area contributed by atoms with E-state index in [0.717, 1.165) is 11.1 Å². The fourth-order valence-corrected chi connectivity index (χ4v) is 4.37. The normalized spacial score (nSPS) is 18.0. The number of benzene rings is 2. The fourth-order valence-electron chi connectivity index (χ4n) is 3.80. The smallest absolute Gasteiger partial charge is 0.295 e. The number of amides is 1. The van der Waals surface area contributed by atoms with Crippen molar-refractivity contribution in [2.24, 2.45) is 0 Å². The molecule has 8 heteroatoms. The van der Waals surface area contributed by atoms with E-state index in [1.807, 2.05) is 31.2 Å². The van der Waals surface area contributed by atoms with Crippen molar-refractivity contribution in [3.8, 4) is 5.75 Å². The molecule has 31 heavy (non-hydrogen) atoms. The first-order valence-corrected chi connectivity index (χ1v) is 10.4. The summed E-state index contributed by atoms with van der Waals surface area (Å²) in [7, 11) is 2.97. The Bertz CT molecular complexity index is 1050. The van der Waals surface area contributed by atoms with Crippen molar-refractivity contribution in [3.63, 3.8) is 0 Å². The first-order valence-electron chi connectivity index (χ1n) is 9.68. The van der Waals surface area contributed by atoms with Gasteiger partial charge in [-0.1, -0.05) is 47.5 Å². The van der Waals surface area contributed by atoms with Gasteiger partial charge >= 0.3 is 0 Å². The number of aliphatic hydroxyl groups excluding tert-OH is 1. The molecule has 1 aliphatic heterocycles. The average Bonchev–Trinajstić information content (AvgIpc) is 2.98. The van der Waals surface area contributed by atoms with Gasteiger partial charge in [-0.15, -0.1) is 0 Å². The summed E-state index contributed by atoms with van der Waals surface area (Å²) in [5, 5.41) is 11.7. The summed E-state index contributed by atoms with van der Waals surface area (Å²) < 4.78 is 10.4. The monoisotopic (exact) mass is 463 g/mol. The molecule has 1 atom stereocenters. The number of aliphatic hydroxyl groups is 1. The number of carbonyl (C=O) groups excluding carboxylic acids is 2. The quantitative estimate of drug-likeness (QED) is 0.277. The number of carbonyl (C=O) groups is 2. The molecule has 0 aromatic heterocycles. The molecule has 2 aromatic carbocycles. The van der Waals surface area contributed by atoms with Gasteiger partial charge in [0.05, 0.1) is 29.3 Å². The van der Waals surface area contributed by atoms with Crippen molar-refractivity contribution in [1.29, 1.82) is 0 Å². The number of halogens is 2. The Morgan fingerprint density at radius 2 is 1.87 bits per heavy atom. The second-order valence-corrected chi connectivity index (χ2v) is 8.01. The van der Waals surface area contributed by atoms with E-state index >= 15 is 0 Å². The van der Waals surface area contributed by atoms with Crippen LogP contribution in [0.15, 0.2) is 42.0 Å². The molecule has 0 radical (unpaired) electrons. The minimum Gasteiger partial charge on any atom is -0.507 e. The van der Waals surface area contributed by atoms with Crippen molar-refractivity contribution in [1.82, 2.24) is 4.90 Å². The van der Waals surface area contributed by atoms with E-state index in [4.69, 9.17) is 32.7 Å². The molecule has 0 aliphatic carbocycles. The summed E-state index contributed by atoms with van der Waals surface area (Å²) in [5.41, 5.74) is 1.74. The lowest BCUT2D eigenvalue weighted by atomic mass is 9.92. The molecule has 1 fully saturated rings. The van der Waals surface area contributed by atoms with Crippen LogP contribution in [0, 0.1) is 6.92 Å². The Labute approximate surface area is 191 Å². The SMILES string of the molecule is COCCCN1C(=O)C(=O)/C(=C(/O)c2cc(Cl)cc(Cl)c2OC)C1c1ccccc1C. The largest absolute Gasteiger partial charge is 0.507 e. The van der Waals surface area contributed by atoms with Crippen LogP contribution < -0.4 is 4.74 Å². The highest BCUT2D eigenvalue weighted by Crippen LogP contribution is 2.43. The van der Waals surface area contributed by atoms with Gasteiger partial charge in [0, 0.05) is 25.3 Å². The third-order valence-electron chi connectivity index (χ3n) is 5.24. The first kappa shape index (κ1) is 23.1. The standard InChI is InChI=1S/C23H23Cl2NO5/c1-13-7-4-5-8-15(13)19-18(21(28)23(29)26(19)9-6-10-30-2)20(27)16-11-14(24)12-17(25)22(16)31-3/h4-5,7-8,11-12,19,27H,6,9-10H2,1-3H3/b20-18+. The molecule has 1 unspecified atom stereocenters. The number of ketones is 1. The predicted octanol–water partition coefficient (Wildman–Crippen LogP) is 4.77. The molecule has 0 spiro atoms. The summed E-state index contributed by atoms with van der Waals surface area (Å²) in [6.07, 6.45) is 0.540. The molecule has 2 aromatic rings. The highest BCUT2D eigenvalue weighted by Gasteiger charge is 2.46. The van der Waals surface area contributed by atoms with Gasteiger partial charge in [0.25, 0.3) is 11.7 Å². The van der Waals surface area contributed by atoms with Crippen molar-refractivity contribution < 1.29 is 24.2 Å². The van der Waals surface area contributed by atoms with E-state index < -0.39 is 17.7 Å². The van der Waals surface area contributed by atoms with Crippen LogP contribution in [0.4, 0.5) is 0 Å². The third kappa shape index (κ3) is 4.42. The number of Topliss-reactive ketones (excluding diaryl/α,β-unsaturated/α-hetero) is 1. The first-order chi connectivity index (χ1) is 14.8. The van der Waals surface area contributed by atoms with E-state index in [1.54, 1.807) is 7.11 Å². The summed E-state index contributed by atoms with van der Waals surface area (Å²) in [4.78, 5) is 27.5. The Morgan fingerprint density at radius 3 is 2.52 bits per heavy atom. The van der Waals surface area contributed by atoms with Crippen LogP contribution in [-0.4, -0.2) is 49.1 Å². The summed E-state index contributed by atoms with van der Waals surface area (Å²) in [5.74, 6) is -1.68. The fraction of sp³-hybridized carbons (Fsp3) is 0.304. The van der Waals surface area contributed by atoms with Crippen LogP contribution in [0.5, 0.6) is 5.75 Å². The lowest BCUT2D eigenvalue weighted by Crippen LogP contribution is -2.31. The van der Waals surface area contributed by atoms with Gasteiger partial charge in [-0.25, -0.2) is 0 Å². The Hall–Kier alpha value is -2.54. The number of likely N-dealkylation sites (tertiary alicyclic amines) is 1. The number of nitrogens with zero attached hydrogens (tertiary/aromatic N) is 1. The van der Waals surface area contributed by atoms with E-state index in [1.165, 1.54) is 24.1 Å². The van der Waals surface area contributed by atoms with Gasteiger partial charge in [-0.2, -0.15) is 0 Å². The predicted molar refractivity (Wildman–Crippen MR) is 120 cm³/mol. The summed E-state index contributed by atoms with van der Waals surface area (Å²) >= 11 is 12.4. The van der Waals surface area contributed by atoms with Crippen molar-refractivity contribution >= 4 is 40.7 Å². The maximum Gasteiger partial charge on any atom is 0.295 e. The minimum absolute atomic E-state index is 0.0339. The number of ether oxygens (including phenoxy) is 2. The maximum absolute atomic E-state index is 13.1. The van der Waals surface area contributed by atoms with E-state index in [-0.39, 0.29) is 32.7 Å². The Morgan fingerprint density at radius 1 is 1.16 bits per heavy atom. The summed E-state index contributed by atoms with van der Waals surface area (Å²) in [6, 6.07) is 9.59. The van der Waals surface area contributed by atoms with Gasteiger partial charge in [0.1, 0.15) is 11.5 Å². The van der Waals surface area contributed by atoms with Crippen LogP contribution >= 0.6 is 23.2 Å². The molecule has 164 valence electrons. The molecule has 3 rings (SSSR count). The van der Waals surface area contributed by atoms with E-state index in [9.17, 15) is 14.7 Å². The molecule has 1 aliphatic rings. The molecule has 6 nitrogen and oxygen atoms in total. The maximum atomic E-state index is 13.1. The molecule has 1 saturated heterocycles. The number of methoxy groups -OCH3 is 2. The zero-order valence-electron chi connectivity index (χ0n) is 17.4. The number of hydrogen-bond donors (Lipinski definition) is 1. The number of hydrogen-bond acceptors (Lipinski definition) is 5. The van der Waals surface area contributed by atoms with Crippen LogP contribution in [0.2, 0.25) is 10.0 Å². The van der Waals surface area contributed by atoms with Gasteiger partial charge in [0.15, 0.2) is 0 Å². The highest BCUT2D eigenvalue weighted by molar-refractivity contribution is 6.46. The molecule has 1 amide bonds. The van der Waals surface area contributed by atoms with Crippen LogP contribution in [0.3, 0.4) is 0 Å². The molecule has 0 bridgehead atoms. The zero-order valence-corrected chi connectivity index (χ0v) is 19.0. The second-order valence-electron chi connectivity index (χ2n) is 7.16. The number of rotatable bonds is 7. The zero-order chi connectivity index (χ0) is 22.7. The topological polar surface area (TPSA) is 76.1 Å². The van der Waals surface area contributed by atoms with Crippen molar-refractivity contribution in [2.75, 3.05) is 27.4 Å². The van der Waals surface area contributed by atoms with Crippen molar-refractivity contribution in [2.45, 2.75) is 19.4 Å². The Balaban J connectivity index is 2.24. The number of aryl methyl sites for hydroxylation is 1. The van der Waals surface area contributed by atoms with E-state index in [2.05, 4.69) is 0 Å². The van der Waals surface area contributed by atoms with Crippen LogP contribution in [-0.2, 0) is 14.3 Å². The van der Waals surface area contributed by atoms with Gasteiger partial charge in [0.2, 0.25) is 0 Å². The lowest BCUT2D eigenvalue weighted by Gasteiger charge is -2.26. The minimum atomic E-state index is -0.777. The van der Waals surface area contributed by atoms with Gasteiger partial charge in [-0.05, 0) is 36.6 Å². The van der Waals surface area contributed by atoms with Gasteiger partial charge in [-0.3, -0.25) is 9.59 Å². The third-order valence-corrected chi connectivity index (χ3v) is 5.74. The average molecular weight is 464 g/mol. The van der Waals surface area contributed by atoms with Crippen LogP contribution in [0.25, 0.3) is 5.76 Å². The molecule has 0 saturated carbocycles. The lowest BCUT2D eigenvalue weighted by molar-refractivity contribution is -0.140. The molecule has 1 N–H and O–H groups in total. The Kier molecular flexibility index (Phi) is 7.26. The molecule has 1 heterocycles. The van der Waals surface area contributed by atoms with Crippen molar-refractivity contribution in [3.05, 3.63) is 68.7 Å². The summed E-state index contributed by atoms with van der Waals surface area (Å²) in [6.45, 7) is 2.62. The van der Waals surface area contributed by atoms with Gasteiger partial charge < -0.3 is 19.5 Å².